The van der Waals surface area contributed by atoms with Gasteiger partial charge in [0.2, 0.25) is 0 Å². The van der Waals surface area contributed by atoms with Gasteiger partial charge in [0.1, 0.15) is 11.5 Å². The fourth-order valence-corrected chi connectivity index (χ4v) is 5.05. The Bertz CT molecular complexity index is 1380. The number of para-hydroxylation sites is 1. The molecule has 32 heavy (non-hydrogen) atoms. The van der Waals surface area contributed by atoms with Crippen LogP contribution < -0.4 is 4.90 Å². The molecule has 7 heteroatoms. The second-order valence-corrected chi connectivity index (χ2v) is 9.38. The highest BCUT2D eigenvalue weighted by atomic mass is 35.5. The van der Waals surface area contributed by atoms with Crippen molar-refractivity contribution >= 4 is 69.9 Å². The average molecular weight is 499 g/mol. The van der Waals surface area contributed by atoms with Gasteiger partial charge in [-0.15, -0.1) is 0 Å². The second kappa shape index (κ2) is 8.72. The molecular weight excluding hydrogens is 485 g/mol. The van der Waals surface area contributed by atoms with Crippen LogP contribution in [0.2, 0.25) is 15.1 Å². The van der Waals surface area contributed by atoms with Crippen LogP contribution in [0.25, 0.3) is 17.4 Å². The fourth-order valence-electron chi connectivity index (χ4n) is 3.47. The quantitative estimate of drug-likeness (QED) is 0.265. The molecule has 0 radical (unpaired) electrons. The molecule has 0 aliphatic carbocycles. The SMILES string of the molecule is O=C(/C=C/c1ccc(-c2cc(Cl)ccc2Cl)o1)N1c2ccccc2Sc2ccc(Cl)cc21. The van der Waals surface area contributed by atoms with Gasteiger partial charge in [0.25, 0.3) is 5.91 Å². The van der Waals surface area contributed by atoms with Crippen molar-refractivity contribution in [1.29, 1.82) is 0 Å². The van der Waals surface area contributed by atoms with Gasteiger partial charge in [-0.25, -0.2) is 0 Å². The average Bonchev–Trinajstić information content (AvgIpc) is 3.26. The first-order chi connectivity index (χ1) is 15.5. The molecule has 0 saturated carbocycles. The largest absolute Gasteiger partial charge is 0.457 e. The van der Waals surface area contributed by atoms with Crippen molar-refractivity contribution in [2.75, 3.05) is 4.90 Å². The van der Waals surface area contributed by atoms with Crippen molar-refractivity contribution in [3.05, 3.63) is 99.7 Å². The number of fused-ring (bicyclic) bond motifs is 2. The molecule has 2 heterocycles. The van der Waals surface area contributed by atoms with Gasteiger partial charge in [-0.3, -0.25) is 9.69 Å². The minimum absolute atomic E-state index is 0.208. The minimum Gasteiger partial charge on any atom is -0.457 e. The Hall–Kier alpha value is -2.63. The summed E-state index contributed by atoms with van der Waals surface area (Å²) in [6.45, 7) is 0. The van der Waals surface area contributed by atoms with E-state index in [9.17, 15) is 4.79 Å². The Kier molecular flexibility index (Phi) is 5.78. The van der Waals surface area contributed by atoms with Crippen molar-refractivity contribution in [2.45, 2.75) is 9.79 Å². The molecule has 1 aromatic heterocycles. The first kappa shape index (κ1) is 21.2. The van der Waals surface area contributed by atoms with E-state index >= 15 is 0 Å². The molecule has 3 aromatic carbocycles. The minimum atomic E-state index is -0.208. The third-order valence-corrected chi connectivity index (χ3v) is 6.85. The molecule has 0 N–H and O–H groups in total. The van der Waals surface area contributed by atoms with Crippen LogP contribution >= 0.6 is 46.6 Å². The van der Waals surface area contributed by atoms with E-state index < -0.39 is 0 Å². The standard InChI is InChI=1S/C25H14Cl3NO2S/c26-15-5-9-19(28)18(13-15)22-10-7-17(31-22)8-12-25(30)29-20-3-1-2-4-23(20)32-24-11-6-16(27)14-21(24)29/h1-14H/b12-8+. The topological polar surface area (TPSA) is 33.5 Å². The van der Waals surface area contributed by atoms with E-state index in [2.05, 4.69) is 0 Å². The summed E-state index contributed by atoms with van der Waals surface area (Å²) in [5, 5.41) is 1.66. The van der Waals surface area contributed by atoms with Crippen LogP contribution in [0.5, 0.6) is 0 Å². The summed E-state index contributed by atoms with van der Waals surface area (Å²) in [7, 11) is 0. The van der Waals surface area contributed by atoms with Gasteiger partial charge in [-0.05, 0) is 66.7 Å². The van der Waals surface area contributed by atoms with Crippen molar-refractivity contribution in [3.63, 3.8) is 0 Å². The van der Waals surface area contributed by atoms with Crippen LogP contribution in [0.15, 0.2) is 93.1 Å². The van der Waals surface area contributed by atoms with Gasteiger partial charge in [0.05, 0.1) is 16.4 Å². The molecule has 158 valence electrons. The number of hydrogen-bond donors (Lipinski definition) is 0. The Labute approximate surface area is 204 Å². The molecular formula is C25H14Cl3NO2S. The second-order valence-electron chi connectivity index (χ2n) is 7.01. The van der Waals surface area contributed by atoms with Crippen molar-refractivity contribution in [3.8, 4) is 11.3 Å². The first-order valence-electron chi connectivity index (χ1n) is 9.63. The molecule has 4 aromatic rings. The highest BCUT2D eigenvalue weighted by Crippen LogP contribution is 2.48. The lowest BCUT2D eigenvalue weighted by Gasteiger charge is -2.30. The summed E-state index contributed by atoms with van der Waals surface area (Å²) in [4.78, 5) is 16.9. The number of carbonyl (C=O) groups excluding carboxylic acids is 1. The van der Waals surface area contributed by atoms with Crippen LogP contribution in [0, 0.1) is 0 Å². The molecule has 1 aliphatic heterocycles. The summed E-state index contributed by atoms with van der Waals surface area (Å²) in [5.74, 6) is 0.886. The molecule has 1 amide bonds. The van der Waals surface area contributed by atoms with Crippen molar-refractivity contribution in [2.24, 2.45) is 0 Å². The smallest absolute Gasteiger partial charge is 0.255 e. The Morgan fingerprint density at radius 3 is 2.47 bits per heavy atom. The third-order valence-electron chi connectivity index (χ3n) is 4.92. The number of nitrogens with zero attached hydrogens (tertiary/aromatic N) is 1. The van der Waals surface area contributed by atoms with Crippen molar-refractivity contribution in [1.82, 2.24) is 0 Å². The third kappa shape index (κ3) is 4.07. The van der Waals surface area contributed by atoms with Gasteiger partial charge in [0, 0.05) is 31.5 Å². The van der Waals surface area contributed by atoms with Crippen LogP contribution in [0.3, 0.4) is 0 Å². The molecule has 0 atom stereocenters. The van der Waals surface area contributed by atoms with Gasteiger partial charge < -0.3 is 4.42 Å². The molecule has 3 nitrogen and oxygen atoms in total. The zero-order valence-corrected chi connectivity index (χ0v) is 19.5. The van der Waals surface area contributed by atoms with E-state index in [1.165, 1.54) is 6.08 Å². The Morgan fingerprint density at radius 1 is 0.844 bits per heavy atom. The summed E-state index contributed by atoms with van der Waals surface area (Å²) < 4.78 is 5.88. The van der Waals surface area contributed by atoms with E-state index in [1.54, 1.807) is 59.1 Å². The summed E-state index contributed by atoms with van der Waals surface area (Å²) in [6, 6.07) is 22.1. The highest BCUT2D eigenvalue weighted by molar-refractivity contribution is 7.99. The van der Waals surface area contributed by atoms with E-state index in [1.807, 2.05) is 36.4 Å². The number of anilines is 2. The van der Waals surface area contributed by atoms with Crippen LogP contribution in [0.4, 0.5) is 11.4 Å². The predicted octanol–water partition coefficient (Wildman–Crippen LogP) is 8.75. The number of halogens is 3. The zero-order chi connectivity index (χ0) is 22.2. The maximum atomic E-state index is 13.3. The summed E-state index contributed by atoms with van der Waals surface area (Å²) in [6.07, 6.45) is 3.12. The van der Waals surface area contributed by atoms with Gasteiger partial charge in [-0.1, -0.05) is 58.7 Å². The van der Waals surface area contributed by atoms with Gasteiger partial charge in [-0.2, -0.15) is 0 Å². The van der Waals surface area contributed by atoms with E-state index in [-0.39, 0.29) is 5.91 Å². The number of benzene rings is 3. The Morgan fingerprint density at radius 2 is 1.59 bits per heavy atom. The number of rotatable bonds is 3. The summed E-state index contributed by atoms with van der Waals surface area (Å²) in [5.41, 5.74) is 2.25. The maximum Gasteiger partial charge on any atom is 0.255 e. The summed E-state index contributed by atoms with van der Waals surface area (Å²) >= 11 is 20.2. The fraction of sp³-hybridized carbons (Fsp3) is 0. The van der Waals surface area contributed by atoms with Crippen molar-refractivity contribution < 1.29 is 9.21 Å². The van der Waals surface area contributed by atoms with Crippen LogP contribution in [0.1, 0.15) is 5.76 Å². The molecule has 0 saturated heterocycles. The molecule has 0 bridgehead atoms. The first-order valence-corrected chi connectivity index (χ1v) is 11.6. The maximum absolute atomic E-state index is 13.3. The van der Waals surface area contributed by atoms with E-state index in [4.69, 9.17) is 39.2 Å². The lowest BCUT2D eigenvalue weighted by atomic mass is 10.2. The zero-order valence-electron chi connectivity index (χ0n) is 16.4. The van der Waals surface area contributed by atoms with Gasteiger partial charge >= 0.3 is 0 Å². The van der Waals surface area contributed by atoms with Crippen LogP contribution in [-0.4, -0.2) is 5.91 Å². The number of furan rings is 1. The lowest BCUT2D eigenvalue weighted by Crippen LogP contribution is -2.26. The lowest BCUT2D eigenvalue weighted by molar-refractivity contribution is -0.113. The number of carbonyl (C=O) groups is 1. The Balaban J connectivity index is 1.47. The molecule has 0 fully saturated rings. The van der Waals surface area contributed by atoms with E-state index in [0.29, 0.717) is 32.2 Å². The molecule has 0 unspecified atom stereocenters. The molecule has 5 rings (SSSR count). The highest BCUT2D eigenvalue weighted by Gasteiger charge is 2.27. The molecule has 0 spiro atoms. The normalized spacial score (nSPS) is 12.7. The number of hydrogen-bond acceptors (Lipinski definition) is 3. The van der Waals surface area contributed by atoms with Crippen LogP contribution in [-0.2, 0) is 4.79 Å². The monoisotopic (exact) mass is 497 g/mol. The molecule has 1 aliphatic rings. The predicted molar refractivity (Wildman–Crippen MR) is 132 cm³/mol. The van der Waals surface area contributed by atoms with Gasteiger partial charge in [0.15, 0.2) is 0 Å². The van der Waals surface area contributed by atoms with E-state index in [0.717, 1.165) is 21.2 Å². The number of amides is 1.